The highest BCUT2D eigenvalue weighted by molar-refractivity contribution is 7.99. The lowest BCUT2D eigenvalue weighted by Gasteiger charge is -2.28. The molecule has 1 aliphatic heterocycles. The third-order valence-corrected chi connectivity index (χ3v) is 2.52. The van der Waals surface area contributed by atoms with E-state index in [-0.39, 0.29) is 6.23 Å². The number of hydrogen-bond donors (Lipinski definition) is 1. The van der Waals surface area contributed by atoms with Gasteiger partial charge in [-0.15, -0.1) is 0 Å². The average Bonchev–Trinajstić information content (AvgIpc) is 1.90. The van der Waals surface area contributed by atoms with Crippen LogP contribution in [-0.4, -0.2) is 40.8 Å². The van der Waals surface area contributed by atoms with E-state index < -0.39 is 0 Å². The van der Waals surface area contributed by atoms with Gasteiger partial charge in [0, 0.05) is 24.6 Å². The maximum absolute atomic E-state index is 9.09. The highest BCUT2D eigenvalue weighted by Gasteiger charge is 2.13. The molecule has 0 aliphatic carbocycles. The van der Waals surface area contributed by atoms with Crippen molar-refractivity contribution in [2.75, 3.05) is 24.6 Å². The first kappa shape index (κ1) is 7.38. The molecule has 1 aliphatic rings. The highest BCUT2D eigenvalue weighted by Crippen LogP contribution is 2.10. The summed E-state index contributed by atoms with van der Waals surface area (Å²) in [6.07, 6.45) is -0.245. The number of thioether (sulfide) groups is 1. The fraction of sp³-hybridized carbons (Fsp3) is 1.00. The molecular formula is C6H13NOS. The number of hydrogen-bond acceptors (Lipinski definition) is 3. The maximum Gasteiger partial charge on any atom is 0.104 e. The zero-order chi connectivity index (χ0) is 6.69. The summed E-state index contributed by atoms with van der Waals surface area (Å²) in [5, 5.41) is 9.09. The average molecular weight is 147 g/mol. The molecule has 0 saturated carbocycles. The second-order valence-corrected chi connectivity index (χ2v) is 3.50. The topological polar surface area (TPSA) is 23.5 Å². The van der Waals surface area contributed by atoms with E-state index in [2.05, 4.69) is 4.90 Å². The number of aliphatic hydroxyl groups is 1. The van der Waals surface area contributed by atoms with Crippen LogP contribution in [0.3, 0.4) is 0 Å². The normalized spacial score (nSPS) is 26.0. The van der Waals surface area contributed by atoms with E-state index in [4.69, 9.17) is 5.11 Å². The number of aliphatic hydroxyl groups excluding tert-OH is 1. The van der Waals surface area contributed by atoms with Gasteiger partial charge in [-0.2, -0.15) is 11.8 Å². The van der Waals surface area contributed by atoms with Crippen LogP contribution in [-0.2, 0) is 0 Å². The lowest BCUT2D eigenvalue weighted by molar-refractivity contribution is 0.0263. The Morgan fingerprint density at radius 3 is 2.33 bits per heavy atom. The van der Waals surface area contributed by atoms with Crippen molar-refractivity contribution in [2.24, 2.45) is 0 Å². The zero-order valence-corrected chi connectivity index (χ0v) is 6.52. The molecule has 9 heavy (non-hydrogen) atoms. The van der Waals surface area contributed by atoms with E-state index in [1.165, 1.54) is 11.5 Å². The predicted molar refractivity (Wildman–Crippen MR) is 40.6 cm³/mol. The second-order valence-electron chi connectivity index (χ2n) is 2.28. The molecule has 1 heterocycles. The molecule has 1 saturated heterocycles. The van der Waals surface area contributed by atoms with E-state index in [9.17, 15) is 0 Å². The minimum Gasteiger partial charge on any atom is -0.379 e. The van der Waals surface area contributed by atoms with Gasteiger partial charge in [-0.1, -0.05) is 0 Å². The van der Waals surface area contributed by atoms with E-state index in [0.29, 0.717) is 0 Å². The second kappa shape index (κ2) is 3.44. The van der Waals surface area contributed by atoms with Gasteiger partial charge in [-0.25, -0.2) is 0 Å². The van der Waals surface area contributed by atoms with Gasteiger partial charge in [0.25, 0.3) is 0 Å². The smallest absolute Gasteiger partial charge is 0.104 e. The van der Waals surface area contributed by atoms with Gasteiger partial charge < -0.3 is 5.11 Å². The van der Waals surface area contributed by atoms with E-state index in [0.717, 1.165) is 13.1 Å². The maximum atomic E-state index is 9.09. The lowest BCUT2D eigenvalue weighted by Crippen LogP contribution is -2.39. The van der Waals surface area contributed by atoms with Gasteiger partial charge in [0.15, 0.2) is 0 Å². The standard InChI is InChI=1S/C6H13NOS/c1-6(8)7-2-4-9-5-3-7/h6,8H,2-5H2,1H3. The molecule has 0 radical (unpaired) electrons. The summed E-state index contributed by atoms with van der Waals surface area (Å²) in [6.45, 7) is 3.92. The van der Waals surface area contributed by atoms with Crippen molar-refractivity contribution in [3.05, 3.63) is 0 Å². The summed E-state index contributed by atoms with van der Waals surface area (Å²) in [7, 11) is 0. The van der Waals surface area contributed by atoms with E-state index >= 15 is 0 Å². The van der Waals surface area contributed by atoms with Crippen molar-refractivity contribution in [2.45, 2.75) is 13.2 Å². The molecule has 2 nitrogen and oxygen atoms in total. The van der Waals surface area contributed by atoms with Gasteiger partial charge >= 0.3 is 0 Å². The predicted octanol–water partition coefficient (Wildman–Crippen LogP) is 0.373. The van der Waals surface area contributed by atoms with Crippen molar-refractivity contribution in [1.29, 1.82) is 0 Å². The fourth-order valence-electron chi connectivity index (χ4n) is 0.951. The lowest BCUT2D eigenvalue weighted by atomic mass is 10.4. The number of nitrogens with zero attached hydrogens (tertiary/aromatic N) is 1. The van der Waals surface area contributed by atoms with Crippen molar-refractivity contribution in [3.8, 4) is 0 Å². The summed E-state index contributed by atoms with van der Waals surface area (Å²) >= 11 is 1.96. The van der Waals surface area contributed by atoms with E-state index in [1.54, 1.807) is 0 Å². The molecule has 0 aromatic rings. The third-order valence-electron chi connectivity index (χ3n) is 1.57. The van der Waals surface area contributed by atoms with Crippen LogP contribution < -0.4 is 0 Å². The molecule has 0 aromatic heterocycles. The van der Waals surface area contributed by atoms with Crippen LogP contribution in [0, 0.1) is 0 Å². The minimum absolute atomic E-state index is 0.245. The Kier molecular flexibility index (Phi) is 2.82. The summed E-state index contributed by atoms with van der Waals surface area (Å²) in [5.41, 5.74) is 0. The summed E-state index contributed by atoms with van der Waals surface area (Å²) < 4.78 is 0. The molecule has 1 atom stereocenters. The minimum atomic E-state index is -0.245. The highest BCUT2D eigenvalue weighted by atomic mass is 32.2. The molecule has 0 aromatic carbocycles. The number of rotatable bonds is 1. The largest absolute Gasteiger partial charge is 0.379 e. The van der Waals surface area contributed by atoms with Gasteiger partial charge in [0.2, 0.25) is 0 Å². The Labute approximate surface area is 60.2 Å². The van der Waals surface area contributed by atoms with Crippen molar-refractivity contribution >= 4 is 11.8 Å². The van der Waals surface area contributed by atoms with Crippen molar-refractivity contribution in [3.63, 3.8) is 0 Å². The van der Waals surface area contributed by atoms with Gasteiger partial charge in [0.1, 0.15) is 6.23 Å². The van der Waals surface area contributed by atoms with Crippen LogP contribution in [0.2, 0.25) is 0 Å². The van der Waals surface area contributed by atoms with Crippen molar-refractivity contribution in [1.82, 2.24) is 4.90 Å². The van der Waals surface area contributed by atoms with Gasteiger partial charge in [0.05, 0.1) is 0 Å². The SMILES string of the molecule is CC(O)N1CCSCC1. The van der Waals surface area contributed by atoms with E-state index in [1.807, 2.05) is 18.7 Å². The Hall–Kier alpha value is 0.270. The van der Waals surface area contributed by atoms with Crippen LogP contribution in [0.25, 0.3) is 0 Å². The molecule has 0 spiro atoms. The third kappa shape index (κ3) is 2.16. The monoisotopic (exact) mass is 147 g/mol. The molecule has 1 fully saturated rings. The van der Waals surface area contributed by atoms with Crippen LogP contribution in [0.15, 0.2) is 0 Å². The fourth-order valence-corrected chi connectivity index (χ4v) is 1.88. The zero-order valence-electron chi connectivity index (χ0n) is 5.71. The molecular weight excluding hydrogens is 134 g/mol. The summed E-state index contributed by atoms with van der Waals surface area (Å²) in [5.74, 6) is 2.34. The van der Waals surface area contributed by atoms with Crippen LogP contribution >= 0.6 is 11.8 Å². The van der Waals surface area contributed by atoms with Gasteiger partial charge in [-0.3, -0.25) is 4.90 Å². The summed E-state index contributed by atoms with van der Waals surface area (Å²) in [6, 6.07) is 0. The molecule has 1 unspecified atom stereocenters. The molecule has 0 amide bonds. The molecule has 0 bridgehead atoms. The molecule has 1 rings (SSSR count). The Morgan fingerprint density at radius 1 is 1.44 bits per heavy atom. The molecule has 3 heteroatoms. The first-order valence-corrected chi connectivity index (χ1v) is 4.46. The Balaban J connectivity index is 2.23. The van der Waals surface area contributed by atoms with Crippen LogP contribution in [0.4, 0.5) is 0 Å². The Bertz CT molecular complexity index is 81.1. The van der Waals surface area contributed by atoms with Crippen LogP contribution in [0.1, 0.15) is 6.92 Å². The first-order chi connectivity index (χ1) is 4.30. The summed E-state index contributed by atoms with van der Waals surface area (Å²) in [4.78, 5) is 2.09. The van der Waals surface area contributed by atoms with Gasteiger partial charge in [-0.05, 0) is 6.92 Å². The quantitative estimate of drug-likeness (QED) is 0.580. The van der Waals surface area contributed by atoms with Crippen LogP contribution in [0.5, 0.6) is 0 Å². The molecule has 54 valence electrons. The Morgan fingerprint density at radius 2 is 2.00 bits per heavy atom. The first-order valence-electron chi connectivity index (χ1n) is 3.30. The van der Waals surface area contributed by atoms with Crippen molar-refractivity contribution < 1.29 is 5.11 Å². The molecule has 1 N–H and O–H groups in total.